The number of hydrogen-bond donors (Lipinski definition) is 11. The Hall–Kier alpha value is -6.92. The van der Waals surface area contributed by atoms with Crippen molar-refractivity contribution in [3.05, 3.63) is 87.9 Å². The van der Waals surface area contributed by atoms with Crippen LogP contribution in [0.4, 0.5) is 0 Å². The second-order valence-corrected chi connectivity index (χ2v) is 13.8. The predicted molar refractivity (Wildman–Crippen MR) is 177 cm³/mol. The smallest absolute Gasteiger partial charge is 0.338 e. The van der Waals surface area contributed by atoms with Gasteiger partial charge in [0.1, 0.15) is 46.7 Å². The molecule has 5 aliphatic rings. The van der Waals surface area contributed by atoms with E-state index in [0.717, 1.165) is 42.5 Å². The minimum Gasteiger partial charge on any atom is -0.508 e. The molecule has 2 aliphatic heterocycles. The maximum Gasteiger partial charge on any atom is 0.338 e. The maximum absolute atomic E-state index is 14.4. The van der Waals surface area contributed by atoms with Gasteiger partial charge in [0, 0.05) is 54.2 Å². The summed E-state index contributed by atoms with van der Waals surface area (Å²) in [6.45, 7) is 0. The summed E-state index contributed by atoms with van der Waals surface area (Å²) in [6.07, 6.45) is -6.59. The van der Waals surface area contributed by atoms with E-state index in [-0.39, 0.29) is 34.6 Å². The van der Waals surface area contributed by atoms with Crippen molar-refractivity contribution in [2.75, 3.05) is 0 Å². The first-order chi connectivity index (χ1) is 25.9. The van der Waals surface area contributed by atoms with Crippen molar-refractivity contribution in [1.82, 2.24) is 0 Å². The summed E-state index contributed by atoms with van der Waals surface area (Å²) in [5, 5.41) is 118. The van der Waals surface area contributed by atoms with Crippen molar-refractivity contribution in [2.45, 2.75) is 42.9 Å². The second kappa shape index (κ2) is 11.5. The highest BCUT2D eigenvalue weighted by Crippen LogP contribution is 2.65. The molecule has 2 heterocycles. The number of rotatable bonds is 4. The number of ketones is 3. The second-order valence-electron chi connectivity index (χ2n) is 13.8. The molecular formula is C37H28O18. The number of aromatic hydroxyl groups is 7. The molecular weight excluding hydrogens is 732 g/mol. The molecule has 0 aromatic heterocycles. The Bertz CT molecular complexity index is 2380. The lowest BCUT2D eigenvalue weighted by molar-refractivity contribution is -0.147. The van der Waals surface area contributed by atoms with Crippen molar-refractivity contribution in [3.63, 3.8) is 0 Å². The SMILES string of the molecule is O=C1C(O)=CC2(C3Oc4cc(O)cc(O)c4CC3OC(=O)c3cc(O)c(O)c(O)c3)C(=C1O)C(=O)C1(O)C(=O)C=C(C3Oc4cc(O)cc(O)c4CC3O)C12. The molecule has 11 N–H and O–H groups in total. The number of fused-ring (bicyclic) bond motifs is 5. The Morgan fingerprint density at radius 2 is 1.35 bits per heavy atom. The van der Waals surface area contributed by atoms with Crippen LogP contribution >= 0.6 is 0 Å². The summed E-state index contributed by atoms with van der Waals surface area (Å²) in [4.78, 5) is 55.0. The van der Waals surface area contributed by atoms with Gasteiger partial charge in [0.05, 0.1) is 22.7 Å². The Morgan fingerprint density at radius 1 is 0.764 bits per heavy atom. The number of aliphatic hydroxyl groups is 4. The van der Waals surface area contributed by atoms with Gasteiger partial charge in [0.25, 0.3) is 5.78 Å². The normalized spacial score (nSPS) is 29.3. The highest BCUT2D eigenvalue weighted by Gasteiger charge is 2.77. The lowest BCUT2D eigenvalue weighted by Crippen LogP contribution is -2.58. The van der Waals surface area contributed by atoms with E-state index in [2.05, 4.69) is 0 Å². The minimum atomic E-state index is -3.21. The van der Waals surface area contributed by atoms with Crippen LogP contribution in [0.25, 0.3) is 0 Å². The van der Waals surface area contributed by atoms with Crippen molar-refractivity contribution < 1.29 is 89.6 Å². The molecule has 0 radical (unpaired) electrons. The number of carbonyl (C=O) groups is 4. The largest absolute Gasteiger partial charge is 0.508 e. The molecule has 0 saturated heterocycles. The average molecular weight is 761 g/mol. The fourth-order valence-electron chi connectivity index (χ4n) is 8.39. The van der Waals surface area contributed by atoms with Crippen LogP contribution in [-0.4, -0.2) is 110 Å². The first kappa shape index (κ1) is 35.1. The monoisotopic (exact) mass is 760 g/mol. The van der Waals surface area contributed by atoms with Gasteiger partial charge in [-0.15, -0.1) is 0 Å². The van der Waals surface area contributed by atoms with Gasteiger partial charge in [-0.3, -0.25) is 14.4 Å². The van der Waals surface area contributed by atoms with E-state index in [0.29, 0.717) is 6.08 Å². The molecule has 0 bridgehead atoms. The topological polar surface area (TPSA) is 318 Å². The lowest BCUT2D eigenvalue weighted by atomic mass is 9.61. The number of phenolic OH excluding ortho intramolecular Hbond substituents is 7. The van der Waals surface area contributed by atoms with Crippen LogP contribution < -0.4 is 9.47 Å². The summed E-state index contributed by atoms with van der Waals surface area (Å²) >= 11 is 0. The molecule has 0 spiro atoms. The summed E-state index contributed by atoms with van der Waals surface area (Å²) in [7, 11) is 0. The van der Waals surface area contributed by atoms with E-state index < -0.39 is 134 Å². The van der Waals surface area contributed by atoms with Crippen molar-refractivity contribution in [2.24, 2.45) is 11.3 Å². The van der Waals surface area contributed by atoms with Crippen LogP contribution in [-0.2, 0) is 32.0 Å². The molecule has 3 aromatic rings. The number of carbonyl (C=O) groups excluding carboxylic acids is 4. The lowest BCUT2D eigenvalue weighted by Gasteiger charge is -2.48. The molecule has 18 nitrogen and oxygen atoms in total. The molecule has 3 aliphatic carbocycles. The first-order valence-electron chi connectivity index (χ1n) is 16.4. The fourth-order valence-corrected chi connectivity index (χ4v) is 8.39. The van der Waals surface area contributed by atoms with Gasteiger partial charge in [0.15, 0.2) is 46.3 Å². The molecule has 55 heavy (non-hydrogen) atoms. The van der Waals surface area contributed by atoms with Gasteiger partial charge in [-0.25, -0.2) is 4.79 Å². The highest BCUT2D eigenvalue weighted by atomic mass is 16.6. The first-order valence-corrected chi connectivity index (χ1v) is 16.4. The number of Topliss-reactive ketones (excluding diaryl/α,β-unsaturated/α-hetero) is 2. The molecule has 3 aromatic carbocycles. The molecule has 7 unspecified atom stereocenters. The van der Waals surface area contributed by atoms with Gasteiger partial charge in [-0.1, -0.05) is 0 Å². The Balaban J connectivity index is 1.34. The van der Waals surface area contributed by atoms with Gasteiger partial charge in [-0.05, 0) is 29.9 Å². The molecule has 8 rings (SSSR count). The van der Waals surface area contributed by atoms with Crippen molar-refractivity contribution >= 4 is 23.3 Å². The van der Waals surface area contributed by atoms with Crippen LogP contribution in [0.2, 0.25) is 0 Å². The van der Waals surface area contributed by atoms with Gasteiger partial charge >= 0.3 is 5.97 Å². The molecule has 7 atom stereocenters. The fraction of sp³-hybridized carbons (Fsp3) is 0.243. The van der Waals surface area contributed by atoms with Crippen LogP contribution in [0.1, 0.15) is 21.5 Å². The summed E-state index contributed by atoms with van der Waals surface area (Å²) in [6, 6.07) is 5.45. The van der Waals surface area contributed by atoms with Crippen LogP contribution in [0.5, 0.6) is 51.7 Å². The highest BCUT2D eigenvalue weighted by molar-refractivity contribution is 6.29. The number of phenols is 7. The number of hydrogen-bond acceptors (Lipinski definition) is 18. The van der Waals surface area contributed by atoms with E-state index in [1.807, 2.05) is 0 Å². The van der Waals surface area contributed by atoms with Gasteiger partial charge < -0.3 is 70.4 Å². The summed E-state index contributed by atoms with van der Waals surface area (Å²) < 4.78 is 18.0. The van der Waals surface area contributed by atoms with Gasteiger partial charge in [0.2, 0.25) is 5.78 Å². The van der Waals surface area contributed by atoms with Crippen LogP contribution in [0.3, 0.4) is 0 Å². The zero-order valence-corrected chi connectivity index (χ0v) is 27.7. The average Bonchev–Trinajstić information content (AvgIpc) is 3.50. The quantitative estimate of drug-likeness (QED) is 0.0994. The van der Waals surface area contributed by atoms with E-state index >= 15 is 0 Å². The maximum atomic E-state index is 14.4. The van der Waals surface area contributed by atoms with Crippen LogP contribution in [0.15, 0.2) is 71.2 Å². The zero-order valence-electron chi connectivity index (χ0n) is 27.7. The third kappa shape index (κ3) is 4.74. The predicted octanol–water partition coefficient (Wildman–Crippen LogP) is 0.782. The Labute approximate surface area is 306 Å². The Morgan fingerprint density at radius 3 is 1.96 bits per heavy atom. The van der Waals surface area contributed by atoms with E-state index in [1.54, 1.807) is 0 Å². The van der Waals surface area contributed by atoms with E-state index in [1.165, 1.54) is 0 Å². The van der Waals surface area contributed by atoms with E-state index in [4.69, 9.17) is 14.2 Å². The number of benzene rings is 3. The van der Waals surface area contributed by atoms with Crippen molar-refractivity contribution in [1.29, 1.82) is 0 Å². The number of esters is 1. The minimum absolute atomic E-state index is 0.0445. The summed E-state index contributed by atoms with van der Waals surface area (Å²) in [5.74, 6) is -15.8. The molecule has 284 valence electrons. The summed E-state index contributed by atoms with van der Waals surface area (Å²) in [5.41, 5.74) is -7.79. The number of aliphatic hydroxyl groups excluding tert-OH is 3. The van der Waals surface area contributed by atoms with Gasteiger partial charge in [-0.2, -0.15) is 0 Å². The Kier molecular flexibility index (Phi) is 7.37. The molecule has 1 saturated carbocycles. The standard InChI is InChI=1S/C37H28O18/c38-12-3-17(40)14-7-21(44)31(53-23(14)5-12)16-9-26(46)37(52)32(16)36(10-22(45)29(48)30(49)27(36)33(37)50)34-25(8-15-18(41)4-13(39)6-24(15)54-34)55-35(51)11-1-19(42)28(47)20(43)2-11/h1-6,9-10,21,25,31-32,34,38-45,47,49,52H,7-8H2. The van der Waals surface area contributed by atoms with Crippen LogP contribution in [0, 0.1) is 11.3 Å². The van der Waals surface area contributed by atoms with E-state index in [9.17, 15) is 75.3 Å². The third-order valence-electron chi connectivity index (χ3n) is 10.7. The number of ether oxygens (including phenoxy) is 3. The molecule has 1 fully saturated rings. The van der Waals surface area contributed by atoms with Crippen molar-refractivity contribution in [3.8, 4) is 51.7 Å². The zero-order chi connectivity index (χ0) is 39.6. The third-order valence-corrected chi connectivity index (χ3v) is 10.7. The molecule has 18 heteroatoms. The molecule has 0 amide bonds.